The number of rotatable bonds is 9. The first-order valence-corrected chi connectivity index (χ1v) is 6.36. The van der Waals surface area contributed by atoms with Gasteiger partial charge in [0.2, 0.25) is 0 Å². The van der Waals surface area contributed by atoms with Gasteiger partial charge in [-0.3, -0.25) is 0 Å². The average molecular weight is 277 g/mol. The molecule has 102 valence electrons. The molecule has 0 aliphatic carbocycles. The molecule has 1 aromatic carbocycles. The van der Waals surface area contributed by atoms with E-state index in [0.29, 0.717) is 38.4 Å². The van der Waals surface area contributed by atoms with Crippen LogP contribution in [0.15, 0.2) is 18.2 Å². The number of halogens is 2. The van der Waals surface area contributed by atoms with E-state index in [1.165, 1.54) is 6.07 Å². The minimum absolute atomic E-state index is 0.234. The summed E-state index contributed by atoms with van der Waals surface area (Å²) in [5.74, 6) is 0.0927. The summed E-state index contributed by atoms with van der Waals surface area (Å²) in [5, 5.41) is 0. The Morgan fingerprint density at radius 3 is 2.72 bits per heavy atom. The third kappa shape index (κ3) is 5.21. The molecule has 0 saturated carbocycles. The Morgan fingerprint density at radius 2 is 2.00 bits per heavy atom. The predicted molar refractivity (Wildman–Crippen MR) is 68.8 cm³/mol. The van der Waals surface area contributed by atoms with E-state index in [1.54, 1.807) is 19.2 Å². The fourth-order valence-corrected chi connectivity index (χ4v) is 1.61. The van der Waals surface area contributed by atoms with Gasteiger partial charge >= 0.3 is 0 Å². The number of hydrogen-bond donors (Lipinski definition) is 0. The molecule has 0 unspecified atom stereocenters. The first-order chi connectivity index (χ1) is 8.79. The van der Waals surface area contributed by atoms with Gasteiger partial charge in [-0.05, 0) is 6.07 Å². The lowest BCUT2D eigenvalue weighted by atomic mass is 10.2. The number of benzene rings is 1. The van der Waals surface area contributed by atoms with Crippen LogP contribution in [0.25, 0.3) is 0 Å². The lowest BCUT2D eigenvalue weighted by Gasteiger charge is -2.10. The highest BCUT2D eigenvalue weighted by molar-refractivity contribution is 6.17. The van der Waals surface area contributed by atoms with E-state index in [4.69, 9.17) is 25.8 Å². The van der Waals surface area contributed by atoms with E-state index in [0.717, 1.165) is 0 Å². The van der Waals surface area contributed by atoms with Gasteiger partial charge in [-0.15, -0.1) is 11.6 Å². The lowest BCUT2D eigenvalue weighted by Crippen LogP contribution is -2.08. The first-order valence-electron chi connectivity index (χ1n) is 5.82. The molecule has 0 aromatic heterocycles. The van der Waals surface area contributed by atoms with Crippen molar-refractivity contribution < 1.29 is 18.6 Å². The minimum Gasteiger partial charge on any atom is -0.490 e. The Labute approximate surface area is 112 Å². The van der Waals surface area contributed by atoms with E-state index in [2.05, 4.69) is 0 Å². The van der Waals surface area contributed by atoms with Crippen LogP contribution < -0.4 is 4.74 Å². The van der Waals surface area contributed by atoms with Gasteiger partial charge < -0.3 is 14.2 Å². The molecule has 0 N–H and O–H groups in total. The molecule has 0 saturated heterocycles. The molecule has 0 aliphatic heterocycles. The Balaban J connectivity index is 2.26. The third-order valence-electron chi connectivity index (χ3n) is 2.30. The van der Waals surface area contributed by atoms with Crippen LogP contribution in [0.1, 0.15) is 12.0 Å². The van der Waals surface area contributed by atoms with Crippen LogP contribution in [0.5, 0.6) is 5.75 Å². The maximum absolute atomic E-state index is 13.5. The smallest absolute Gasteiger partial charge is 0.165 e. The van der Waals surface area contributed by atoms with Gasteiger partial charge in [0.25, 0.3) is 0 Å². The van der Waals surface area contributed by atoms with Gasteiger partial charge in [0.1, 0.15) is 0 Å². The highest BCUT2D eigenvalue weighted by Crippen LogP contribution is 2.24. The zero-order chi connectivity index (χ0) is 13.2. The fraction of sp³-hybridized carbons (Fsp3) is 0.538. The summed E-state index contributed by atoms with van der Waals surface area (Å²) in [6, 6.07) is 4.73. The quantitative estimate of drug-likeness (QED) is 0.513. The molecule has 1 rings (SSSR count). The second kappa shape index (κ2) is 9.14. The van der Waals surface area contributed by atoms with Crippen molar-refractivity contribution in [2.24, 2.45) is 0 Å². The van der Waals surface area contributed by atoms with E-state index in [9.17, 15) is 4.39 Å². The molecule has 0 aliphatic rings. The van der Waals surface area contributed by atoms with Crippen LogP contribution in [0.3, 0.4) is 0 Å². The molecular weight excluding hydrogens is 259 g/mol. The van der Waals surface area contributed by atoms with Gasteiger partial charge in [0.15, 0.2) is 11.6 Å². The van der Waals surface area contributed by atoms with Crippen LogP contribution in [0, 0.1) is 5.82 Å². The molecule has 18 heavy (non-hydrogen) atoms. The van der Waals surface area contributed by atoms with Crippen LogP contribution in [-0.4, -0.2) is 33.5 Å². The second-order valence-corrected chi connectivity index (χ2v) is 3.94. The van der Waals surface area contributed by atoms with Crippen LogP contribution in [-0.2, 0) is 15.4 Å². The molecule has 0 fully saturated rings. The van der Waals surface area contributed by atoms with Crippen molar-refractivity contribution in [2.75, 3.05) is 33.5 Å². The standard InChI is InChI=1S/C13H18ClFO3/c1-16-8-9-17-6-3-7-18-13-11(10-14)4-2-5-12(13)15/h2,4-5H,3,6-10H2,1H3. The molecule has 0 atom stereocenters. The van der Waals surface area contributed by atoms with Crippen LogP contribution in [0.2, 0.25) is 0 Å². The molecule has 0 heterocycles. The highest BCUT2D eigenvalue weighted by Gasteiger charge is 2.08. The predicted octanol–water partition coefficient (Wildman–Crippen LogP) is 3.00. The van der Waals surface area contributed by atoms with Gasteiger partial charge in [0.05, 0.1) is 25.7 Å². The summed E-state index contributed by atoms with van der Waals surface area (Å²) in [6.07, 6.45) is 0.694. The van der Waals surface area contributed by atoms with E-state index >= 15 is 0 Å². The van der Waals surface area contributed by atoms with E-state index in [-0.39, 0.29) is 17.4 Å². The summed E-state index contributed by atoms with van der Waals surface area (Å²) >= 11 is 5.72. The summed E-state index contributed by atoms with van der Waals surface area (Å²) in [6.45, 7) is 2.10. The largest absolute Gasteiger partial charge is 0.490 e. The lowest BCUT2D eigenvalue weighted by molar-refractivity contribution is 0.0642. The summed E-state index contributed by atoms with van der Waals surface area (Å²) in [4.78, 5) is 0. The Hall–Kier alpha value is -0.840. The number of para-hydroxylation sites is 1. The number of alkyl halides is 1. The highest BCUT2D eigenvalue weighted by atomic mass is 35.5. The van der Waals surface area contributed by atoms with Gasteiger partial charge in [-0.2, -0.15) is 0 Å². The summed E-state index contributed by atoms with van der Waals surface area (Å²) in [5.41, 5.74) is 0.664. The van der Waals surface area contributed by atoms with Crippen molar-refractivity contribution in [1.29, 1.82) is 0 Å². The second-order valence-electron chi connectivity index (χ2n) is 3.67. The van der Waals surface area contributed by atoms with Crippen molar-refractivity contribution in [3.05, 3.63) is 29.6 Å². The molecular formula is C13H18ClFO3. The average Bonchev–Trinajstić information content (AvgIpc) is 2.39. The van der Waals surface area contributed by atoms with Gasteiger partial charge in [0, 0.05) is 25.7 Å². The Kier molecular flexibility index (Phi) is 7.73. The van der Waals surface area contributed by atoms with Crippen molar-refractivity contribution in [3.63, 3.8) is 0 Å². The zero-order valence-corrected chi connectivity index (χ0v) is 11.2. The molecule has 5 heteroatoms. The molecule has 0 radical (unpaired) electrons. The number of ether oxygens (including phenoxy) is 3. The van der Waals surface area contributed by atoms with Crippen molar-refractivity contribution in [2.45, 2.75) is 12.3 Å². The van der Waals surface area contributed by atoms with E-state index in [1.807, 2.05) is 0 Å². The normalized spacial score (nSPS) is 10.6. The molecule has 0 amide bonds. The molecule has 3 nitrogen and oxygen atoms in total. The van der Waals surface area contributed by atoms with Crippen LogP contribution >= 0.6 is 11.6 Å². The topological polar surface area (TPSA) is 27.7 Å². The molecule has 0 bridgehead atoms. The number of methoxy groups -OCH3 is 1. The maximum Gasteiger partial charge on any atom is 0.165 e. The zero-order valence-electron chi connectivity index (χ0n) is 10.5. The number of hydrogen-bond acceptors (Lipinski definition) is 3. The maximum atomic E-state index is 13.5. The van der Waals surface area contributed by atoms with Crippen molar-refractivity contribution in [1.82, 2.24) is 0 Å². The Morgan fingerprint density at radius 1 is 1.17 bits per heavy atom. The third-order valence-corrected chi connectivity index (χ3v) is 2.59. The Bertz CT molecular complexity index is 347. The molecule has 0 spiro atoms. The summed E-state index contributed by atoms with van der Waals surface area (Å²) < 4.78 is 29.0. The summed E-state index contributed by atoms with van der Waals surface area (Å²) in [7, 11) is 1.62. The van der Waals surface area contributed by atoms with Crippen molar-refractivity contribution in [3.8, 4) is 5.75 Å². The minimum atomic E-state index is -0.381. The molecule has 1 aromatic rings. The first kappa shape index (κ1) is 15.2. The van der Waals surface area contributed by atoms with Crippen LogP contribution in [0.4, 0.5) is 4.39 Å². The fourth-order valence-electron chi connectivity index (χ4n) is 1.40. The van der Waals surface area contributed by atoms with Crippen molar-refractivity contribution >= 4 is 11.6 Å². The van der Waals surface area contributed by atoms with E-state index < -0.39 is 0 Å². The van der Waals surface area contributed by atoms with Gasteiger partial charge in [-0.25, -0.2) is 4.39 Å². The van der Waals surface area contributed by atoms with Gasteiger partial charge in [-0.1, -0.05) is 12.1 Å². The SMILES string of the molecule is COCCOCCCOc1c(F)cccc1CCl. The monoisotopic (exact) mass is 276 g/mol.